The number of aromatic hydroxyl groups is 1. The van der Waals surface area contributed by atoms with Gasteiger partial charge in [0.2, 0.25) is 5.91 Å². The van der Waals surface area contributed by atoms with Crippen molar-refractivity contribution in [3.05, 3.63) is 65.2 Å². The summed E-state index contributed by atoms with van der Waals surface area (Å²) in [6, 6.07) is 14.9. The van der Waals surface area contributed by atoms with Gasteiger partial charge in [0, 0.05) is 12.1 Å². The number of carbonyl (C=O) groups is 1. The van der Waals surface area contributed by atoms with Crippen LogP contribution in [0.5, 0.6) is 5.75 Å². The Morgan fingerprint density at radius 2 is 2.00 bits per heavy atom. The van der Waals surface area contributed by atoms with Crippen LogP contribution in [0.15, 0.2) is 48.5 Å². The Hall–Kier alpha value is -2.37. The summed E-state index contributed by atoms with van der Waals surface area (Å²) in [6.45, 7) is 2.49. The van der Waals surface area contributed by atoms with Gasteiger partial charge in [-0.3, -0.25) is 4.79 Å². The van der Waals surface area contributed by atoms with E-state index >= 15 is 0 Å². The molecule has 5 heteroatoms. The molecule has 4 N–H and O–H groups in total. The number of hydrogen-bond donors (Lipinski definition) is 4. The van der Waals surface area contributed by atoms with Gasteiger partial charge in [-0.1, -0.05) is 48.0 Å². The Balaban J connectivity index is 1.59. The Morgan fingerprint density at radius 3 is 2.78 bits per heavy atom. The zero-order valence-electron chi connectivity index (χ0n) is 13.0. The number of amides is 1. The standard InChI is InChI=1S/C18H21N3O2/c1-12-7-8-17(22)14(9-12)15-10-16(21-20-15)18(23)19-11-13-5-3-2-4-6-13/h2-9,15-16,20-22H,10-11H2,1H3,(H,19,23). The van der Waals surface area contributed by atoms with Crippen molar-refractivity contribution in [1.82, 2.24) is 16.2 Å². The van der Waals surface area contributed by atoms with Gasteiger partial charge in [-0.2, -0.15) is 0 Å². The molecule has 1 fully saturated rings. The van der Waals surface area contributed by atoms with Crippen LogP contribution in [0.1, 0.15) is 29.2 Å². The number of hydrogen-bond acceptors (Lipinski definition) is 4. The molecule has 2 aromatic carbocycles. The van der Waals surface area contributed by atoms with Crippen LogP contribution in [0.25, 0.3) is 0 Å². The lowest BCUT2D eigenvalue weighted by atomic mass is 9.99. The summed E-state index contributed by atoms with van der Waals surface area (Å²) >= 11 is 0. The van der Waals surface area contributed by atoms with E-state index in [0.717, 1.165) is 16.7 Å². The molecule has 1 aliphatic heterocycles. The smallest absolute Gasteiger partial charge is 0.238 e. The van der Waals surface area contributed by atoms with Crippen molar-refractivity contribution >= 4 is 5.91 Å². The molecular weight excluding hydrogens is 290 g/mol. The van der Waals surface area contributed by atoms with Crippen molar-refractivity contribution < 1.29 is 9.90 Å². The molecule has 0 bridgehead atoms. The minimum atomic E-state index is -0.316. The number of rotatable bonds is 4. The Morgan fingerprint density at radius 1 is 1.22 bits per heavy atom. The largest absolute Gasteiger partial charge is 0.508 e. The Bertz CT molecular complexity index is 688. The number of aryl methyl sites for hydroxylation is 1. The summed E-state index contributed by atoms with van der Waals surface area (Å²) in [5, 5.41) is 12.9. The third kappa shape index (κ3) is 3.70. The third-order valence-electron chi connectivity index (χ3n) is 4.09. The van der Waals surface area contributed by atoms with Crippen LogP contribution < -0.4 is 16.2 Å². The van der Waals surface area contributed by atoms with Gasteiger partial charge in [-0.15, -0.1) is 0 Å². The third-order valence-corrected chi connectivity index (χ3v) is 4.09. The molecule has 23 heavy (non-hydrogen) atoms. The van der Waals surface area contributed by atoms with Crippen LogP contribution in [0.3, 0.4) is 0 Å². The average Bonchev–Trinajstić information content (AvgIpc) is 3.06. The lowest BCUT2D eigenvalue weighted by Gasteiger charge is -2.12. The molecule has 2 atom stereocenters. The van der Waals surface area contributed by atoms with Crippen LogP contribution in [-0.4, -0.2) is 17.1 Å². The van der Waals surface area contributed by atoms with Crippen molar-refractivity contribution in [1.29, 1.82) is 0 Å². The lowest BCUT2D eigenvalue weighted by Crippen LogP contribution is -2.42. The second kappa shape index (κ2) is 6.81. The lowest BCUT2D eigenvalue weighted by molar-refractivity contribution is -0.123. The zero-order valence-corrected chi connectivity index (χ0v) is 13.0. The first-order valence-electron chi connectivity index (χ1n) is 7.75. The SMILES string of the molecule is Cc1ccc(O)c(C2CC(C(=O)NCc3ccccc3)NN2)c1. The number of phenols is 1. The van der Waals surface area contributed by atoms with Gasteiger partial charge in [0.05, 0.1) is 6.04 Å². The molecule has 3 rings (SSSR count). The van der Waals surface area contributed by atoms with Crippen molar-refractivity contribution in [3.63, 3.8) is 0 Å². The number of carbonyl (C=O) groups excluding carboxylic acids is 1. The maximum atomic E-state index is 12.3. The summed E-state index contributed by atoms with van der Waals surface area (Å²) in [7, 11) is 0. The molecule has 5 nitrogen and oxygen atoms in total. The minimum Gasteiger partial charge on any atom is -0.508 e. The fourth-order valence-electron chi connectivity index (χ4n) is 2.79. The Labute approximate surface area is 135 Å². The maximum absolute atomic E-state index is 12.3. The highest BCUT2D eigenvalue weighted by atomic mass is 16.3. The fraction of sp³-hybridized carbons (Fsp3) is 0.278. The monoisotopic (exact) mass is 311 g/mol. The molecule has 120 valence electrons. The molecule has 2 aromatic rings. The molecular formula is C18H21N3O2. The fourth-order valence-corrected chi connectivity index (χ4v) is 2.79. The van der Waals surface area contributed by atoms with E-state index in [1.54, 1.807) is 6.07 Å². The summed E-state index contributed by atoms with van der Waals surface area (Å²) in [5.41, 5.74) is 9.08. The maximum Gasteiger partial charge on any atom is 0.238 e. The van der Waals surface area contributed by atoms with E-state index in [9.17, 15) is 9.90 Å². The summed E-state index contributed by atoms with van der Waals surface area (Å²) in [4.78, 5) is 12.3. The van der Waals surface area contributed by atoms with E-state index in [2.05, 4.69) is 16.2 Å². The molecule has 0 aromatic heterocycles. The predicted octanol–water partition coefficient (Wildman–Crippen LogP) is 1.92. The molecule has 0 saturated carbocycles. The van der Waals surface area contributed by atoms with Gasteiger partial charge >= 0.3 is 0 Å². The van der Waals surface area contributed by atoms with E-state index in [4.69, 9.17) is 0 Å². The van der Waals surface area contributed by atoms with Gasteiger partial charge < -0.3 is 10.4 Å². The highest BCUT2D eigenvalue weighted by Crippen LogP contribution is 2.30. The topological polar surface area (TPSA) is 73.4 Å². The van der Waals surface area contributed by atoms with Gasteiger partial charge in [-0.05, 0) is 25.0 Å². The highest BCUT2D eigenvalue weighted by Gasteiger charge is 2.31. The first kappa shape index (κ1) is 15.5. The van der Waals surface area contributed by atoms with Crippen LogP contribution in [-0.2, 0) is 11.3 Å². The second-order valence-electron chi connectivity index (χ2n) is 5.90. The second-order valence-corrected chi connectivity index (χ2v) is 5.90. The molecule has 2 unspecified atom stereocenters. The van der Waals surface area contributed by atoms with Crippen molar-refractivity contribution in [2.45, 2.75) is 32.0 Å². The number of benzene rings is 2. The first-order valence-corrected chi connectivity index (χ1v) is 7.75. The van der Waals surface area contributed by atoms with Crippen LogP contribution >= 0.6 is 0 Å². The quantitative estimate of drug-likeness (QED) is 0.696. The summed E-state index contributed by atoms with van der Waals surface area (Å²) in [6.07, 6.45) is 0.595. The van der Waals surface area contributed by atoms with Crippen molar-refractivity contribution in [2.24, 2.45) is 0 Å². The summed E-state index contributed by atoms with van der Waals surface area (Å²) < 4.78 is 0. The average molecular weight is 311 g/mol. The van der Waals surface area contributed by atoms with Gasteiger partial charge in [0.1, 0.15) is 11.8 Å². The van der Waals surface area contributed by atoms with E-state index in [0.29, 0.717) is 13.0 Å². The molecule has 0 aliphatic carbocycles. The molecule has 1 aliphatic rings. The molecule has 0 radical (unpaired) electrons. The number of phenolic OH excluding ortho intramolecular Hbond substituents is 1. The molecule has 1 saturated heterocycles. The van der Waals surface area contributed by atoms with Gasteiger partial charge in [-0.25, -0.2) is 10.9 Å². The van der Waals surface area contributed by atoms with Crippen LogP contribution in [0.4, 0.5) is 0 Å². The number of nitrogens with one attached hydrogen (secondary N) is 3. The molecule has 0 spiro atoms. The van der Waals surface area contributed by atoms with Crippen LogP contribution in [0.2, 0.25) is 0 Å². The van der Waals surface area contributed by atoms with E-state index in [1.807, 2.05) is 49.4 Å². The minimum absolute atomic E-state index is 0.0454. The highest BCUT2D eigenvalue weighted by molar-refractivity contribution is 5.82. The van der Waals surface area contributed by atoms with Gasteiger partial charge in [0.15, 0.2) is 0 Å². The van der Waals surface area contributed by atoms with Crippen LogP contribution in [0, 0.1) is 6.92 Å². The molecule has 1 heterocycles. The van der Waals surface area contributed by atoms with E-state index in [-0.39, 0.29) is 23.7 Å². The van der Waals surface area contributed by atoms with Crippen molar-refractivity contribution in [3.8, 4) is 5.75 Å². The molecule has 1 amide bonds. The first-order chi connectivity index (χ1) is 11.1. The summed E-state index contributed by atoms with van der Waals surface area (Å²) in [5.74, 6) is 0.205. The van der Waals surface area contributed by atoms with E-state index in [1.165, 1.54) is 0 Å². The zero-order chi connectivity index (χ0) is 16.2. The van der Waals surface area contributed by atoms with Crippen molar-refractivity contribution in [2.75, 3.05) is 0 Å². The Kier molecular flexibility index (Phi) is 4.60. The van der Waals surface area contributed by atoms with E-state index < -0.39 is 0 Å². The predicted molar refractivity (Wildman–Crippen MR) is 88.5 cm³/mol. The van der Waals surface area contributed by atoms with Gasteiger partial charge in [0.25, 0.3) is 0 Å². The normalized spacial score (nSPS) is 20.4. The number of hydrazine groups is 1.